The molecule has 1 heterocycles. The second kappa shape index (κ2) is 5.83. The molecule has 1 fully saturated rings. The molecular weight excluding hydrogens is 254 g/mol. The van der Waals surface area contributed by atoms with Crippen LogP contribution in [0.25, 0.3) is 0 Å². The second-order valence-corrected chi connectivity index (χ2v) is 6.04. The fourth-order valence-corrected chi connectivity index (χ4v) is 2.48. The number of hydrogen-bond donors (Lipinski definition) is 1. The van der Waals surface area contributed by atoms with E-state index in [0.29, 0.717) is 25.4 Å². The van der Waals surface area contributed by atoms with Gasteiger partial charge in [-0.1, -0.05) is 32.0 Å². The number of nitrogens with zero attached hydrogens (tertiary/aromatic N) is 1. The minimum atomic E-state index is -0.758. The number of para-hydroxylation sites is 1. The van der Waals surface area contributed by atoms with Gasteiger partial charge < -0.3 is 14.7 Å². The van der Waals surface area contributed by atoms with Crippen molar-refractivity contribution in [3.8, 4) is 5.75 Å². The summed E-state index contributed by atoms with van der Waals surface area (Å²) in [7, 11) is 0. The van der Waals surface area contributed by atoms with Gasteiger partial charge in [0.2, 0.25) is 0 Å². The summed E-state index contributed by atoms with van der Waals surface area (Å²) in [6.45, 7) is 6.97. The van der Waals surface area contributed by atoms with Crippen LogP contribution in [0.15, 0.2) is 24.3 Å². The Labute approximate surface area is 120 Å². The van der Waals surface area contributed by atoms with Gasteiger partial charge in [0.05, 0.1) is 5.60 Å². The molecule has 20 heavy (non-hydrogen) atoms. The van der Waals surface area contributed by atoms with E-state index >= 15 is 0 Å². The SMILES string of the molecule is CC(C)c1ccccc1OCC(=O)N1CCC(C)(O)C1. The summed E-state index contributed by atoms with van der Waals surface area (Å²) in [6, 6.07) is 7.79. The Kier molecular flexibility index (Phi) is 4.33. The molecule has 4 nitrogen and oxygen atoms in total. The molecule has 1 N–H and O–H groups in total. The molecule has 1 aliphatic heterocycles. The van der Waals surface area contributed by atoms with Crippen molar-refractivity contribution in [1.82, 2.24) is 4.90 Å². The third kappa shape index (κ3) is 3.51. The summed E-state index contributed by atoms with van der Waals surface area (Å²) in [5, 5.41) is 9.88. The summed E-state index contributed by atoms with van der Waals surface area (Å²) in [5.74, 6) is 1.05. The first-order valence-electron chi connectivity index (χ1n) is 7.11. The normalized spacial score (nSPS) is 22.4. The number of hydrogen-bond acceptors (Lipinski definition) is 3. The molecule has 1 aliphatic rings. The van der Waals surface area contributed by atoms with E-state index in [1.807, 2.05) is 24.3 Å². The van der Waals surface area contributed by atoms with Crippen LogP contribution < -0.4 is 4.74 Å². The van der Waals surface area contributed by atoms with Crippen LogP contribution in [0.2, 0.25) is 0 Å². The van der Waals surface area contributed by atoms with Crippen molar-refractivity contribution in [2.24, 2.45) is 0 Å². The molecule has 0 aliphatic carbocycles. The number of likely N-dealkylation sites (tertiary alicyclic amines) is 1. The molecule has 1 aromatic rings. The van der Waals surface area contributed by atoms with Crippen LogP contribution in [0.3, 0.4) is 0 Å². The first-order valence-corrected chi connectivity index (χ1v) is 7.11. The molecule has 4 heteroatoms. The molecule has 1 unspecified atom stereocenters. The molecule has 0 bridgehead atoms. The lowest BCUT2D eigenvalue weighted by Gasteiger charge is -2.20. The van der Waals surface area contributed by atoms with Crippen molar-refractivity contribution in [1.29, 1.82) is 0 Å². The lowest BCUT2D eigenvalue weighted by molar-refractivity contribution is -0.133. The highest BCUT2D eigenvalue weighted by Gasteiger charge is 2.33. The number of β-amino-alcohol motifs (C(OH)–C–C–N with tert-alkyl or cyclic N) is 1. The van der Waals surface area contributed by atoms with Gasteiger partial charge in [-0.3, -0.25) is 4.79 Å². The molecule has 2 rings (SSSR count). The Morgan fingerprint density at radius 3 is 2.75 bits per heavy atom. The van der Waals surface area contributed by atoms with Gasteiger partial charge in [-0.15, -0.1) is 0 Å². The smallest absolute Gasteiger partial charge is 0.260 e. The molecule has 1 atom stereocenters. The van der Waals surface area contributed by atoms with Crippen molar-refractivity contribution in [2.75, 3.05) is 19.7 Å². The standard InChI is InChI=1S/C16H23NO3/c1-12(2)13-6-4-5-7-14(13)20-10-15(18)17-9-8-16(3,19)11-17/h4-7,12,19H,8-11H2,1-3H3. The second-order valence-electron chi connectivity index (χ2n) is 6.04. The van der Waals surface area contributed by atoms with E-state index < -0.39 is 5.60 Å². The van der Waals surface area contributed by atoms with Crippen LogP contribution in [0, 0.1) is 0 Å². The van der Waals surface area contributed by atoms with E-state index in [9.17, 15) is 9.90 Å². The molecular formula is C16H23NO3. The Morgan fingerprint density at radius 1 is 1.45 bits per heavy atom. The van der Waals surface area contributed by atoms with E-state index in [4.69, 9.17) is 4.74 Å². The van der Waals surface area contributed by atoms with Crippen molar-refractivity contribution in [2.45, 2.75) is 38.7 Å². The summed E-state index contributed by atoms with van der Waals surface area (Å²) < 4.78 is 5.67. The third-order valence-electron chi connectivity index (χ3n) is 3.70. The topological polar surface area (TPSA) is 49.8 Å². The summed E-state index contributed by atoms with van der Waals surface area (Å²) >= 11 is 0. The maximum Gasteiger partial charge on any atom is 0.260 e. The zero-order chi connectivity index (χ0) is 14.8. The van der Waals surface area contributed by atoms with E-state index in [1.165, 1.54) is 0 Å². The van der Waals surface area contributed by atoms with Crippen molar-refractivity contribution >= 4 is 5.91 Å². The summed E-state index contributed by atoms with van der Waals surface area (Å²) in [4.78, 5) is 13.7. The van der Waals surface area contributed by atoms with Crippen LogP contribution in [0.1, 0.15) is 38.7 Å². The van der Waals surface area contributed by atoms with Gasteiger partial charge in [0.1, 0.15) is 5.75 Å². The Balaban J connectivity index is 1.94. The lowest BCUT2D eigenvalue weighted by atomic mass is 10.0. The van der Waals surface area contributed by atoms with Crippen molar-refractivity contribution < 1.29 is 14.6 Å². The molecule has 110 valence electrons. The Morgan fingerprint density at radius 2 is 2.15 bits per heavy atom. The Hall–Kier alpha value is -1.55. The monoisotopic (exact) mass is 277 g/mol. The predicted molar refractivity (Wildman–Crippen MR) is 77.8 cm³/mol. The number of benzene rings is 1. The van der Waals surface area contributed by atoms with Crippen LogP contribution in [0.4, 0.5) is 0 Å². The van der Waals surface area contributed by atoms with Crippen molar-refractivity contribution in [3.63, 3.8) is 0 Å². The zero-order valence-electron chi connectivity index (χ0n) is 12.4. The lowest BCUT2D eigenvalue weighted by Crippen LogP contribution is -2.36. The molecule has 1 amide bonds. The average molecular weight is 277 g/mol. The highest BCUT2D eigenvalue weighted by molar-refractivity contribution is 5.78. The van der Waals surface area contributed by atoms with Gasteiger partial charge in [0, 0.05) is 13.1 Å². The first kappa shape index (κ1) is 14.9. The van der Waals surface area contributed by atoms with Crippen LogP contribution in [-0.2, 0) is 4.79 Å². The first-order chi connectivity index (χ1) is 9.39. The number of carbonyl (C=O) groups is 1. The number of amides is 1. The molecule has 0 spiro atoms. The molecule has 0 radical (unpaired) electrons. The van der Waals surface area contributed by atoms with Gasteiger partial charge >= 0.3 is 0 Å². The van der Waals surface area contributed by atoms with Crippen LogP contribution in [-0.4, -0.2) is 41.2 Å². The van der Waals surface area contributed by atoms with E-state index in [-0.39, 0.29) is 12.5 Å². The number of ether oxygens (including phenoxy) is 1. The number of rotatable bonds is 4. The maximum atomic E-state index is 12.1. The van der Waals surface area contributed by atoms with Gasteiger partial charge in [0.15, 0.2) is 6.61 Å². The quantitative estimate of drug-likeness (QED) is 0.917. The number of aliphatic hydroxyl groups is 1. The van der Waals surface area contributed by atoms with Gasteiger partial charge in [-0.25, -0.2) is 0 Å². The van der Waals surface area contributed by atoms with Crippen LogP contribution >= 0.6 is 0 Å². The maximum absolute atomic E-state index is 12.1. The van der Waals surface area contributed by atoms with Crippen LogP contribution in [0.5, 0.6) is 5.75 Å². The fraction of sp³-hybridized carbons (Fsp3) is 0.562. The average Bonchev–Trinajstić information content (AvgIpc) is 2.76. The van der Waals surface area contributed by atoms with E-state index in [0.717, 1.165) is 11.3 Å². The largest absolute Gasteiger partial charge is 0.483 e. The highest BCUT2D eigenvalue weighted by atomic mass is 16.5. The zero-order valence-corrected chi connectivity index (χ0v) is 12.4. The van der Waals surface area contributed by atoms with E-state index in [2.05, 4.69) is 13.8 Å². The van der Waals surface area contributed by atoms with Gasteiger partial charge in [-0.05, 0) is 30.9 Å². The third-order valence-corrected chi connectivity index (χ3v) is 3.70. The van der Waals surface area contributed by atoms with Gasteiger partial charge in [0.25, 0.3) is 5.91 Å². The van der Waals surface area contributed by atoms with Crippen molar-refractivity contribution in [3.05, 3.63) is 29.8 Å². The molecule has 1 aromatic carbocycles. The Bertz CT molecular complexity index is 482. The molecule has 0 saturated carbocycles. The predicted octanol–water partition coefficient (Wildman–Crippen LogP) is 2.17. The minimum Gasteiger partial charge on any atom is -0.483 e. The van der Waals surface area contributed by atoms with Gasteiger partial charge in [-0.2, -0.15) is 0 Å². The minimum absolute atomic E-state index is 0.0276. The summed E-state index contributed by atoms with van der Waals surface area (Å²) in [5.41, 5.74) is 0.347. The number of carbonyl (C=O) groups excluding carboxylic acids is 1. The van der Waals surface area contributed by atoms with E-state index in [1.54, 1.807) is 11.8 Å². The highest BCUT2D eigenvalue weighted by Crippen LogP contribution is 2.26. The fourth-order valence-electron chi connectivity index (χ4n) is 2.48. The summed E-state index contributed by atoms with van der Waals surface area (Å²) in [6.07, 6.45) is 0.626. The molecule has 0 aromatic heterocycles. The molecule has 1 saturated heterocycles.